The van der Waals surface area contributed by atoms with Crippen LogP contribution in [0.3, 0.4) is 0 Å². The second-order valence-electron chi connectivity index (χ2n) is 5.14. The molecular weight excluding hydrogens is 256 g/mol. The summed E-state index contributed by atoms with van der Waals surface area (Å²) in [4.78, 5) is 18.1. The number of aromatic nitrogens is 3. The number of aromatic carboxylic acids is 1. The predicted octanol–water partition coefficient (Wildman–Crippen LogP) is 1.45. The lowest BCUT2D eigenvalue weighted by Crippen LogP contribution is -2.31. The Balaban J connectivity index is 1.89. The smallest absolute Gasteiger partial charge is 0.354 e. The summed E-state index contributed by atoms with van der Waals surface area (Å²) in [7, 11) is 0. The molecule has 0 aliphatic carbocycles. The van der Waals surface area contributed by atoms with Crippen molar-refractivity contribution in [3.8, 4) is 0 Å². The summed E-state index contributed by atoms with van der Waals surface area (Å²) < 4.78 is 1.42. The number of nitrogens with zero attached hydrogens (tertiary/aromatic N) is 4. The number of pyridine rings is 1. The van der Waals surface area contributed by atoms with Crippen LogP contribution in [0.1, 0.15) is 36.1 Å². The average Bonchev–Trinajstić information content (AvgIpc) is 3.03. The van der Waals surface area contributed by atoms with Crippen molar-refractivity contribution in [1.82, 2.24) is 19.5 Å². The molecule has 1 aliphatic heterocycles. The van der Waals surface area contributed by atoms with Crippen LogP contribution in [-0.2, 0) is 6.42 Å². The second kappa shape index (κ2) is 5.20. The first-order chi connectivity index (χ1) is 9.69. The Hall–Kier alpha value is -1.95. The highest BCUT2D eigenvalue weighted by atomic mass is 16.4. The molecule has 0 saturated carbocycles. The van der Waals surface area contributed by atoms with Gasteiger partial charge in [-0.3, -0.25) is 0 Å². The molecule has 1 fully saturated rings. The van der Waals surface area contributed by atoms with Gasteiger partial charge in [-0.2, -0.15) is 5.10 Å². The van der Waals surface area contributed by atoms with Gasteiger partial charge >= 0.3 is 5.97 Å². The van der Waals surface area contributed by atoms with Gasteiger partial charge in [0.1, 0.15) is 0 Å². The Morgan fingerprint density at radius 1 is 1.50 bits per heavy atom. The van der Waals surface area contributed by atoms with Crippen molar-refractivity contribution in [1.29, 1.82) is 0 Å². The van der Waals surface area contributed by atoms with Gasteiger partial charge in [0, 0.05) is 12.5 Å². The Kier molecular flexibility index (Phi) is 3.40. The van der Waals surface area contributed by atoms with E-state index in [-0.39, 0.29) is 5.69 Å². The van der Waals surface area contributed by atoms with E-state index < -0.39 is 5.97 Å². The zero-order valence-corrected chi connectivity index (χ0v) is 11.5. The highest BCUT2D eigenvalue weighted by Gasteiger charge is 2.25. The summed E-state index contributed by atoms with van der Waals surface area (Å²) in [5.74, 6) is -0.257. The largest absolute Gasteiger partial charge is 0.477 e. The predicted molar refractivity (Wildman–Crippen MR) is 73.9 cm³/mol. The molecule has 1 saturated heterocycles. The van der Waals surface area contributed by atoms with Gasteiger partial charge < -0.3 is 10.0 Å². The topological polar surface area (TPSA) is 70.7 Å². The number of rotatable bonds is 4. The molecule has 0 spiro atoms. The number of fused-ring (bicyclic) bond motifs is 1. The number of hydrogen-bond acceptors (Lipinski definition) is 4. The number of carbonyl (C=O) groups is 1. The maximum absolute atomic E-state index is 11.2. The van der Waals surface area contributed by atoms with E-state index in [0.717, 1.165) is 31.8 Å². The average molecular weight is 274 g/mol. The number of carboxylic acids is 1. The van der Waals surface area contributed by atoms with Crippen LogP contribution in [0.4, 0.5) is 0 Å². The zero-order valence-electron chi connectivity index (χ0n) is 11.5. The van der Waals surface area contributed by atoms with Gasteiger partial charge in [-0.15, -0.1) is 0 Å². The number of hydrogen-bond donors (Lipinski definition) is 1. The van der Waals surface area contributed by atoms with Crippen molar-refractivity contribution in [2.24, 2.45) is 0 Å². The van der Waals surface area contributed by atoms with Crippen LogP contribution in [-0.4, -0.2) is 49.7 Å². The van der Waals surface area contributed by atoms with Crippen LogP contribution in [0.5, 0.6) is 0 Å². The van der Waals surface area contributed by atoms with Gasteiger partial charge in [-0.25, -0.2) is 14.3 Å². The van der Waals surface area contributed by atoms with Crippen molar-refractivity contribution >= 4 is 11.6 Å². The summed E-state index contributed by atoms with van der Waals surface area (Å²) in [6.07, 6.45) is 3.16. The normalized spacial score (nSPS) is 19.8. The molecule has 2 aromatic rings. The van der Waals surface area contributed by atoms with Crippen LogP contribution in [0.25, 0.3) is 5.65 Å². The molecule has 0 radical (unpaired) electrons. The molecule has 3 heterocycles. The molecule has 2 aromatic heterocycles. The third-order valence-corrected chi connectivity index (χ3v) is 3.95. The molecule has 0 aromatic carbocycles. The number of likely N-dealkylation sites (N-methyl/N-ethyl adjacent to an activating group) is 1. The van der Waals surface area contributed by atoms with E-state index in [1.54, 1.807) is 18.2 Å². The molecular formula is C14H18N4O2. The number of likely N-dealkylation sites (tertiary alicyclic amines) is 1. The second-order valence-corrected chi connectivity index (χ2v) is 5.14. The lowest BCUT2D eigenvalue weighted by atomic mass is 10.1. The highest BCUT2D eigenvalue weighted by molar-refractivity contribution is 5.86. The lowest BCUT2D eigenvalue weighted by molar-refractivity contribution is 0.0687. The monoisotopic (exact) mass is 274 g/mol. The van der Waals surface area contributed by atoms with E-state index in [9.17, 15) is 4.79 Å². The Bertz CT molecular complexity index is 637. The standard InChI is InChI=1S/C14H18N4O2/c1-2-17-8-4-5-10(17)9-12-15-13-7-3-6-11(14(19)20)18(13)16-12/h3,6-7,10H,2,4-5,8-9H2,1H3,(H,19,20). The van der Waals surface area contributed by atoms with Crippen LogP contribution >= 0.6 is 0 Å². The van der Waals surface area contributed by atoms with Crippen molar-refractivity contribution in [3.05, 3.63) is 29.7 Å². The molecule has 3 rings (SSSR count). The van der Waals surface area contributed by atoms with Crippen molar-refractivity contribution in [2.75, 3.05) is 13.1 Å². The Morgan fingerprint density at radius 3 is 3.10 bits per heavy atom. The van der Waals surface area contributed by atoms with Gasteiger partial charge in [-0.1, -0.05) is 13.0 Å². The molecule has 20 heavy (non-hydrogen) atoms. The molecule has 6 heteroatoms. The fourth-order valence-corrected chi connectivity index (χ4v) is 2.95. The SMILES string of the molecule is CCN1CCCC1Cc1nc2cccc(C(=O)O)n2n1. The van der Waals surface area contributed by atoms with Crippen LogP contribution in [0.2, 0.25) is 0 Å². The highest BCUT2D eigenvalue weighted by Crippen LogP contribution is 2.20. The van der Waals surface area contributed by atoms with E-state index in [1.807, 2.05) is 0 Å². The first-order valence-corrected chi connectivity index (χ1v) is 7.01. The third kappa shape index (κ3) is 2.27. The summed E-state index contributed by atoms with van der Waals surface area (Å²) in [6.45, 7) is 4.34. The quantitative estimate of drug-likeness (QED) is 0.913. The van der Waals surface area contributed by atoms with Crippen molar-refractivity contribution < 1.29 is 9.90 Å². The first kappa shape index (κ1) is 13.1. The molecule has 0 bridgehead atoms. The van der Waals surface area contributed by atoms with Crippen LogP contribution in [0.15, 0.2) is 18.2 Å². The van der Waals surface area contributed by atoms with E-state index in [2.05, 4.69) is 21.9 Å². The molecule has 0 amide bonds. The summed E-state index contributed by atoms with van der Waals surface area (Å²) in [5, 5.41) is 13.5. The van der Waals surface area contributed by atoms with E-state index in [0.29, 0.717) is 11.7 Å². The Labute approximate surface area is 117 Å². The van der Waals surface area contributed by atoms with E-state index in [1.165, 1.54) is 10.9 Å². The molecule has 1 unspecified atom stereocenters. The summed E-state index contributed by atoms with van der Waals surface area (Å²) in [6, 6.07) is 5.51. The van der Waals surface area contributed by atoms with Crippen molar-refractivity contribution in [3.63, 3.8) is 0 Å². The molecule has 6 nitrogen and oxygen atoms in total. The Morgan fingerprint density at radius 2 is 2.35 bits per heavy atom. The minimum absolute atomic E-state index is 0.153. The van der Waals surface area contributed by atoms with E-state index in [4.69, 9.17) is 5.11 Å². The zero-order chi connectivity index (χ0) is 14.1. The molecule has 1 N–H and O–H groups in total. The molecule has 106 valence electrons. The molecule has 1 atom stereocenters. The van der Waals surface area contributed by atoms with Gasteiger partial charge in [0.05, 0.1) is 0 Å². The third-order valence-electron chi connectivity index (χ3n) is 3.95. The van der Waals surface area contributed by atoms with Gasteiger partial charge in [0.25, 0.3) is 0 Å². The number of carboxylic acid groups (broad SMARTS) is 1. The maximum Gasteiger partial charge on any atom is 0.354 e. The van der Waals surface area contributed by atoms with Crippen LogP contribution < -0.4 is 0 Å². The minimum Gasteiger partial charge on any atom is -0.477 e. The summed E-state index contributed by atoms with van der Waals surface area (Å²) >= 11 is 0. The fourth-order valence-electron chi connectivity index (χ4n) is 2.95. The van der Waals surface area contributed by atoms with Gasteiger partial charge in [0.15, 0.2) is 17.2 Å². The maximum atomic E-state index is 11.2. The molecule has 1 aliphatic rings. The van der Waals surface area contributed by atoms with E-state index >= 15 is 0 Å². The summed E-state index contributed by atoms with van der Waals surface area (Å²) in [5.41, 5.74) is 0.751. The lowest BCUT2D eigenvalue weighted by Gasteiger charge is -2.21. The first-order valence-electron chi connectivity index (χ1n) is 7.01. The van der Waals surface area contributed by atoms with Crippen LogP contribution in [0, 0.1) is 0 Å². The van der Waals surface area contributed by atoms with Gasteiger partial charge in [0.2, 0.25) is 0 Å². The fraction of sp³-hybridized carbons (Fsp3) is 0.500. The van der Waals surface area contributed by atoms with Crippen molar-refractivity contribution in [2.45, 2.75) is 32.2 Å². The minimum atomic E-state index is -0.983. The van der Waals surface area contributed by atoms with Gasteiger partial charge in [-0.05, 0) is 38.1 Å².